The number of para-hydroxylation sites is 1. The van der Waals surface area contributed by atoms with Crippen molar-refractivity contribution in [3.63, 3.8) is 0 Å². The van der Waals surface area contributed by atoms with Crippen molar-refractivity contribution < 1.29 is 14.3 Å². The second kappa shape index (κ2) is 8.18. The van der Waals surface area contributed by atoms with Crippen LogP contribution in [0.1, 0.15) is 50.6 Å². The van der Waals surface area contributed by atoms with Gasteiger partial charge in [-0.25, -0.2) is 4.68 Å². The van der Waals surface area contributed by atoms with Crippen LogP contribution in [0.25, 0.3) is 0 Å². The number of hydrogen-bond acceptors (Lipinski definition) is 6. The van der Waals surface area contributed by atoms with E-state index in [2.05, 4.69) is 20.8 Å². The van der Waals surface area contributed by atoms with E-state index in [1.54, 1.807) is 0 Å². The lowest BCUT2D eigenvalue weighted by Crippen LogP contribution is -2.46. The number of tetrazole rings is 1. The minimum atomic E-state index is -0.443. The summed E-state index contributed by atoms with van der Waals surface area (Å²) in [6, 6.07) is 7.68. The number of carbonyl (C=O) groups excluding carboxylic acids is 2. The maximum Gasteiger partial charge on any atom is 0.222 e. The minimum Gasteiger partial charge on any atom is -0.487 e. The van der Waals surface area contributed by atoms with Crippen LogP contribution in [0.2, 0.25) is 0 Å². The lowest BCUT2D eigenvalue weighted by Gasteiger charge is -2.42. The second-order valence-corrected chi connectivity index (χ2v) is 7.69. The zero-order chi connectivity index (χ0) is 20.3. The number of fused-ring (bicyclic) bond motifs is 1. The lowest BCUT2D eigenvalue weighted by atomic mass is 9.82. The summed E-state index contributed by atoms with van der Waals surface area (Å²) >= 11 is 0. The van der Waals surface area contributed by atoms with Crippen LogP contribution in [0, 0.1) is 0 Å². The number of ether oxygens (including phenoxy) is 1. The van der Waals surface area contributed by atoms with Gasteiger partial charge in [0.15, 0.2) is 0 Å². The molecule has 2 aliphatic rings. The number of carbonyl (C=O) groups is 2. The van der Waals surface area contributed by atoms with E-state index in [4.69, 9.17) is 4.74 Å². The van der Waals surface area contributed by atoms with Crippen LogP contribution in [0.15, 0.2) is 30.6 Å². The number of rotatable bonds is 5. The van der Waals surface area contributed by atoms with E-state index in [1.165, 1.54) is 11.0 Å². The van der Waals surface area contributed by atoms with Gasteiger partial charge in [-0.2, -0.15) is 0 Å². The third-order valence-electron chi connectivity index (χ3n) is 5.86. The summed E-state index contributed by atoms with van der Waals surface area (Å²) in [4.78, 5) is 26.9. The minimum absolute atomic E-state index is 0.0581. The van der Waals surface area contributed by atoms with Crippen LogP contribution < -0.4 is 10.1 Å². The van der Waals surface area contributed by atoms with Gasteiger partial charge in [-0.05, 0) is 29.8 Å². The van der Waals surface area contributed by atoms with Crippen molar-refractivity contribution in [2.75, 3.05) is 13.1 Å². The molecular formula is C20H26N6O3. The molecule has 1 N–H and O–H groups in total. The number of nitrogens with one attached hydrogen (secondary N) is 1. The second-order valence-electron chi connectivity index (χ2n) is 7.69. The first kappa shape index (κ1) is 19.4. The highest BCUT2D eigenvalue weighted by molar-refractivity contribution is 5.77. The number of amides is 2. The molecule has 0 unspecified atom stereocenters. The summed E-state index contributed by atoms with van der Waals surface area (Å²) in [6.07, 6.45) is 4.33. The molecular weight excluding hydrogens is 372 g/mol. The van der Waals surface area contributed by atoms with Crippen LogP contribution in [-0.4, -0.2) is 55.6 Å². The quantitative estimate of drug-likeness (QED) is 0.818. The van der Waals surface area contributed by atoms with Crippen molar-refractivity contribution in [2.24, 2.45) is 0 Å². The Labute approximate surface area is 169 Å². The first-order valence-corrected chi connectivity index (χ1v) is 10.1. The maximum atomic E-state index is 12.6. The molecule has 1 aromatic carbocycles. The molecule has 3 heterocycles. The highest BCUT2D eigenvalue weighted by Gasteiger charge is 2.43. The van der Waals surface area contributed by atoms with Crippen LogP contribution in [-0.2, 0) is 16.1 Å². The average Bonchev–Trinajstić information content (AvgIpc) is 3.20. The summed E-state index contributed by atoms with van der Waals surface area (Å²) in [6.45, 7) is 3.82. The Bertz CT molecular complexity index is 871. The standard InChI is InChI=1S/C20H26N6O3/c1-2-25-12-10-20(9-7-19(25)28)13-16(15-5-3-4-6-17(15)29-20)22-18(27)8-11-26-14-21-23-24-26/h3-6,14,16H,2,7-13H2,1H3,(H,22,27)/t16-,20-/m1/s1. The molecule has 0 aliphatic carbocycles. The van der Waals surface area contributed by atoms with E-state index < -0.39 is 5.60 Å². The normalized spacial score (nSPS) is 24.0. The number of likely N-dealkylation sites (tertiary alicyclic amines) is 1. The molecule has 9 nitrogen and oxygen atoms in total. The van der Waals surface area contributed by atoms with E-state index >= 15 is 0 Å². The van der Waals surface area contributed by atoms with Gasteiger partial charge in [-0.3, -0.25) is 9.59 Å². The largest absolute Gasteiger partial charge is 0.487 e. The summed E-state index contributed by atoms with van der Waals surface area (Å²) < 4.78 is 7.99. The lowest BCUT2D eigenvalue weighted by molar-refractivity contribution is -0.130. The van der Waals surface area contributed by atoms with E-state index in [1.807, 2.05) is 36.1 Å². The first-order chi connectivity index (χ1) is 14.1. The third-order valence-corrected chi connectivity index (χ3v) is 5.86. The van der Waals surface area contributed by atoms with Gasteiger partial charge < -0.3 is 15.0 Å². The SMILES string of the molecule is CCN1CC[C@]2(CCC1=O)C[C@@H](NC(=O)CCn1cnnn1)c1ccccc1O2. The molecule has 2 aliphatic heterocycles. The molecule has 0 radical (unpaired) electrons. The van der Waals surface area contributed by atoms with Crippen molar-refractivity contribution in [1.82, 2.24) is 30.4 Å². The van der Waals surface area contributed by atoms with Crippen molar-refractivity contribution >= 4 is 11.8 Å². The van der Waals surface area contributed by atoms with Gasteiger partial charge >= 0.3 is 0 Å². The molecule has 0 bridgehead atoms. The molecule has 2 amide bonds. The van der Waals surface area contributed by atoms with Gasteiger partial charge in [-0.1, -0.05) is 18.2 Å². The number of hydrogen-bond donors (Lipinski definition) is 1. The van der Waals surface area contributed by atoms with Crippen LogP contribution in [0.3, 0.4) is 0 Å². The fourth-order valence-corrected chi connectivity index (χ4v) is 4.23. The number of aromatic nitrogens is 4. The summed E-state index contributed by atoms with van der Waals surface area (Å²) in [7, 11) is 0. The predicted octanol–water partition coefficient (Wildman–Crippen LogP) is 1.47. The van der Waals surface area contributed by atoms with Crippen LogP contribution >= 0.6 is 0 Å². The molecule has 1 aromatic heterocycles. The molecule has 1 saturated heterocycles. The average molecular weight is 398 g/mol. The zero-order valence-corrected chi connectivity index (χ0v) is 16.6. The van der Waals surface area contributed by atoms with Gasteiger partial charge in [0.1, 0.15) is 17.7 Å². The molecule has 154 valence electrons. The monoisotopic (exact) mass is 398 g/mol. The number of benzene rings is 1. The van der Waals surface area contributed by atoms with Gasteiger partial charge in [0, 0.05) is 44.3 Å². The van der Waals surface area contributed by atoms with Crippen molar-refractivity contribution in [2.45, 2.75) is 57.2 Å². The Kier molecular flexibility index (Phi) is 5.46. The van der Waals surface area contributed by atoms with Gasteiger partial charge in [-0.15, -0.1) is 5.10 Å². The number of aryl methyl sites for hydroxylation is 1. The first-order valence-electron chi connectivity index (χ1n) is 10.1. The van der Waals surface area contributed by atoms with E-state index in [0.29, 0.717) is 45.3 Å². The van der Waals surface area contributed by atoms with Gasteiger partial charge in [0.05, 0.1) is 12.6 Å². The van der Waals surface area contributed by atoms with E-state index in [9.17, 15) is 9.59 Å². The topological polar surface area (TPSA) is 102 Å². The van der Waals surface area contributed by atoms with Crippen LogP contribution in [0.4, 0.5) is 0 Å². The summed E-state index contributed by atoms with van der Waals surface area (Å²) in [5.74, 6) is 0.910. The van der Waals surface area contributed by atoms with Gasteiger partial charge in [0.25, 0.3) is 0 Å². The highest BCUT2D eigenvalue weighted by Crippen LogP contribution is 2.44. The zero-order valence-electron chi connectivity index (χ0n) is 16.6. The van der Waals surface area contributed by atoms with Crippen molar-refractivity contribution in [1.29, 1.82) is 0 Å². The Balaban J connectivity index is 1.50. The summed E-state index contributed by atoms with van der Waals surface area (Å²) in [5, 5.41) is 14.1. The van der Waals surface area contributed by atoms with Crippen molar-refractivity contribution in [3.05, 3.63) is 36.2 Å². The highest BCUT2D eigenvalue weighted by atomic mass is 16.5. The fourth-order valence-electron chi connectivity index (χ4n) is 4.23. The Morgan fingerprint density at radius 3 is 3.00 bits per heavy atom. The molecule has 1 fully saturated rings. The Morgan fingerprint density at radius 2 is 2.21 bits per heavy atom. The molecule has 4 rings (SSSR count). The van der Waals surface area contributed by atoms with E-state index in [-0.39, 0.29) is 17.9 Å². The Hall–Kier alpha value is -2.97. The van der Waals surface area contributed by atoms with Gasteiger partial charge in [0.2, 0.25) is 11.8 Å². The van der Waals surface area contributed by atoms with Crippen LogP contribution in [0.5, 0.6) is 5.75 Å². The molecule has 1 spiro atoms. The maximum absolute atomic E-state index is 12.6. The molecule has 9 heteroatoms. The molecule has 0 saturated carbocycles. The fraction of sp³-hybridized carbons (Fsp3) is 0.550. The molecule has 29 heavy (non-hydrogen) atoms. The molecule has 2 atom stereocenters. The molecule has 2 aromatic rings. The number of nitrogens with zero attached hydrogens (tertiary/aromatic N) is 5. The summed E-state index contributed by atoms with van der Waals surface area (Å²) in [5.41, 5.74) is 0.540. The predicted molar refractivity (Wildman–Crippen MR) is 104 cm³/mol. The van der Waals surface area contributed by atoms with Crippen molar-refractivity contribution in [3.8, 4) is 5.75 Å². The van der Waals surface area contributed by atoms with E-state index in [0.717, 1.165) is 17.7 Å². The Morgan fingerprint density at radius 1 is 1.34 bits per heavy atom. The third kappa shape index (κ3) is 4.23. The smallest absolute Gasteiger partial charge is 0.222 e.